The number of thiazole rings is 1. The highest BCUT2D eigenvalue weighted by atomic mass is 32.1. The first-order chi connectivity index (χ1) is 20.4. The first-order valence-electron chi connectivity index (χ1n) is 14.8. The molecule has 2 N–H and O–H groups in total. The van der Waals surface area contributed by atoms with Gasteiger partial charge in [0.15, 0.2) is 0 Å². The summed E-state index contributed by atoms with van der Waals surface area (Å²) < 4.78 is 10.9. The minimum absolute atomic E-state index is 0.186. The molecular weight excluding hydrogens is 544 g/mol. The van der Waals surface area contributed by atoms with Crippen molar-refractivity contribution in [2.45, 2.75) is 71.8 Å². The zero-order valence-corrected chi connectivity index (χ0v) is 25.9. The van der Waals surface area contributed by atoms with Crippen molar-refractivity contribution in [3.8, 4) is 5.75 Å². The molecule has 0 bridgehead atoms. The van der Waals surface area contributed by atoms with E-state index in [4.69, 9.17) is 15.2 Å². The van der Waals surface area contributed by atoms with Crippen molar-refractivity contribution in [2.75, 3.05) is 13.2 Å². The van der Waals surface area contributed by atoms with Crippen molar-refractivity contribution in [3.05, 3.63) is 99.0 Å². The van der Waals surface area contributed by atoms with E-state index < -0.39 is 0 Å². The summed E-state index contributed by atoms with van der Waals surface area (Å²) in [5.41, 5.74) is 11.2. The molecule has 3 aromatic rings. The minimum atomic E-state index is -0.302. The number of carbonyl (C=O) groups excluding carboxylic acids is 2. The summed E-state index contributed by atoms with van der Waals surface area (Å²) in [6.07, 6.45) is 12.6. The number of allylic oxidation sites excluding steroid dienone is 2. The normalized spacial score (nSPS) is 14.9. The monoisotopic (exact) mass is 588 g/mol. The van der Waals surface area contributed by atoms with Gasteiger partial charge in [-0.05, 0) is 81.0 Å². The van der Waals surface area contributed by atoms with Crippen molar-refractivity contribution >= 4 is 29.7 Å². The van der Waals surface area contributed by atoms with Crippen LogP contribution in [0, 0.1) is 5.92 Å². The highest BCUT2D eigenvalue weighted by Crippen LogP contribution is 2.23. The van der Waals surface area contributed by atoms with Crippen LogP contribution in [0.25, 0.3) is 6.08 Å². The molecule has 1 aliphatic rings. The molecule has 0 saturated heterocycles. The van der Waals surface area contributed by atoms with Crippen LogP contribution in [0.2, 0.25) is 0 Å². The standard InChI is InChI=1S/C28H32N2O3S.C7H12O/c1-4-32-28(31)21(3)16-20(2)17-24-19-34-27(30-24)26(29)18-23-10-12-25(13-11-23)33-15-14-22-8-6-5-7-9-22;8-6-7-4-2-1-3-5-7/h5-13,16-17,19,26H,4,14-15,18,29H2,1-3H3;6-7H,1-5H2/b20-17+,21-16-;. The van der Waals surface area contributed by atoms with Gasteiger partial charge in [0.25, 0.3) is 0 Å². The van der Waals surface area contributed by atoms with Gasteiger partial charge in [-0.2, -0.15) is 0 Å². The molecule has 0 amide bonds. The molecule has 7 heteroatoms. The second kappa shape index (κ2) is 18.1. The van der Waals surface area contributed by atoms with Crippen LogP contribution in [-0.4, -0.2) is 30.5 Å². The molecule has 6 nitrogen and oxygen atoms in total. The number of aldehydes is 1. The van der Waals surface area contributed by atoms with Crippen LogP contribution in [0.15, 0.2) is 77.2 Å². The zero-order chi connectivity index (χ0) is 30.2. The van der Waals surface area contributed by atoms with E-state index in [-0.39, 0.29) is 12.0 Å². The van der Waals surface area contributed by atoms with Crippen molar-refractivity contribution in [1.29, 1.82) is 0 Å². The topological polar surface area (TPSA) is 91.5 Å². The van der Waals surface area contributed by atoms with Crippen molar-refractivity contribution in [1.82, 2.24) is 4.98 Å². The van der Waals surface area contributed by atoms with E-state index >= 15 is 0 Å². The van der Waals surface area contributed by atoms with E-state index in [0.29, 0.717) is 31.1 Å². The molecule has 4 rings (SSSR count). The second-order valence-electron chi connectivity index (χ2n) is 10.6. The van der Waals surface area contributed by atoms with E-state index in [2.05, 4.69) is 29.2 Å². The molecule has 0 radical (unpaired) electrons. The average molecular weight is 589 g/mol. The van der Waals surface area contributed by atoms with E-state index in [1.54, 1.807) is 31.3 Å². The maximum Gasteiger partial charge on any atom is 0.333 e. The summed E-state index contributed by atoms with van der Waals surface area (Å²) >= 11 is 1.55. The van der Waals surface area contributed by atoms with Gasteiger partial charge >= 0.3 is 5.97 Å². The Hall–Kier alpha value is -3.55. The van der Waals surface area contributed by atoms with E-state index in [1.165, 1.54) is 24.8 Å². The number of nitrogens with two attached hydrogens (primary N) is 1. The Balaban J connectivity index is 0.000000521. The second-order valence-corrected chi connectivity index (χ2v) is 11.5. The number of hydrogen-bond acceptors (Lipinski definition) is 7. The molecular formula is C35H44N2O4S. The summed E-state index contributed by atoms with van der Waals surface area (Å²) in [4.78, 5) is 26.6. The smallest absolute Gasteiger partial charge is 0.333 e. The maximum absolute atomic E-state index is 11.8. The molecule has 42 heavy (non-hydrogen) atoms. The Kier molecular flexibility index (Phi) is 14.2. The van der Waals surface area contributed by atoms with E-state index in [1.807, 2.05) is 48.7 Å². The molecule has 1 aliphatic carbocycles. The van der Waals surface area contributed by atoms with Crippen LogP contribution in [0.1, 0.15) is 80.7 Å². The van der Waals surface area contributed by atoms with Crippen molar-refractivity contribution in [2.24, 2.45) is 11.7 Å². The lowest BCUT2D eigenvalue weighted by molar-refractivity contribution is -0.138. The third-order valence-electron chi connectivity index (χ3n) is 7.00. The number of rotatable bonds is 12. The highest BCUT2D eigenvalue weighted by molar-refractivity contribution is 7.09. The third kappa shape index (κ3) is 11.7. The van der Waals surface area contributed by atoms with Gasteiger partial charge < -0.3 is 20.0 Å². The zero-order valence-electron chi connectivity index (χ0n) is 25.1. The Morgan fingerprint density at radius 3 is 2.40 bits per heavy atom. The molecule has 224 valence electrons. The lowest BCUT2D eigenvalue weighted by atomic mass is 9.91. The first-order valence-corrected chi connectivity index (χ1v) is 15.7. The van der Waals surface area contributed by atoms with Crippen LogP contribution in [0.4, 0.5) is 0 Å². The van der Waals surface area contributed by atoms with E-state index in [0.717, 1.165) is 53.1 Å². The number of esters is 1. The van der Waals surface area contributed by atoms with Gasteiger partial charge in [-0.25, -0.2) is 9.78 Å². The molecule has 1 fully saturated rings. The SMILES string of the molecule is CCOC(=O)/C(C)=C\C(C)=C\c1csc(C(N)Cc2ccc(OCCc3ccccc3)cc2)n1.O=CC1CCCCC1. The summed E-state index contributed by atoms with van der Waals surface area (Å²) in [6.45, 7) is 6.49. The summed E-state index contributed by atoms with van der Waals surface area (Å²) in [6, 6.07) is 18.2. The van der Waals surface area contributed by atoms with Gasteiger partial charge in [0.2, 0.25) is 0 Å². The largest absolute Gasteiger partial charge is 0.493 e. The van der Waals surface area contributed by atoms with Gasteiger partial charge in [-0.15, -0.1) is 11.3 Å². The number of carbonyl (C=O) groups is 2. The van der Waals surface area contributed by atoms with Crippen LogP contribution in [-0.2, 0) is 27.2 Å². The lowest BCUT2D eigenvalue weighted by Gasteiger charge is -2.14. The molecule has 0 spiro atoms. The fraction of sp³-hybridized carbons (Fsp3) is 0.400. The van der Waals surface area contributed by atoms with Crippen molar-refractivity contribution < 1.29 is 19.1 Å². The third-order valence-corrected chi connectivity index (χ3v) is 7.99. The van der Waals surface area contributed by atoms with Gasteiger partial charge in [0.05, 0.1) is 24.9 Å². The number of benzene rings is 2. The minimum Gasteiger partial charge on any atom is -0.493 e. The predicted molar refractivity (Wildman–Crippen MR) is 172 cm³/mol. The van der Waals surface area contributed by atoms with Crippen LogP contribution in [0.3, 0.4) is 0 Å². The van der Waals surface area contributed by atoms with E-state index in [9.17, 15) is 9.59 Å². The molecule has 1 saturated carbocycles. The first kappa shape index (κ1) is 33.0. The molecule has 1 atom stereocenters. The number of ether oxygens (including phenoxy) is 2. The average Bonchev–Trinajstić information content (AvgIpc) is 3.48. The predicted octanol–water partition coefficient (Wildman–Crippen LogP) is 7.69. The maximum atomic E-state index is 11.8. The summed E-state index contributed by atoms with van der Waals surface area (Å²) in [7, 11) is 0. The van der Waals surface area contributed by atoms with Gasteiger partial charge in [-0.3, -0.25) is 0 Å². The van der Waals surface area contributed by atoms with Crippen LogP contribution < -0.4 is 10.5 Å². The Morgan fingerprint density at radius 1 is 1.05 bits per heavy atom. The Bertz CT molecular complexity index is 1290. The quantitative estimate of drug-likeness (QED) is 0.101. The van der Waals surface area contributed by atoms with Gasteiger partial charge in [0.1, 0.15) is 17.0 Å². The fourth-order valence-corrected chi connectivity index (χ4v) is 5.50. The number of hydrogen-bond donors (Lipinski definition) is 1. The number of nitrogens with zero attached hydrogens (tertiary/aromatic N) is 1. The van der Waals surface area contributed by atoms with Crippen LogP contribution in [0.5, 0.6) is 5.75 Å². The summed E-state index contributed by atoms with van der Waals surface area (Å²) in [5, 5.41) is 2.86. The fourth-order valence-electron chi connectivity index (χ4n) is 4.72. The van der Waals surface area contributed by atoms with Crippen molar-refractivity contribution in [3.63, 3.8) is 0 Å². The molecule has 1 unspecified atom stereocenters. The Labute approximate surface area is 254 Å². The summed E-state index contributed by atoms with van der Waals surface area (Å²) in [5.74, 6) is 0.962. The Morgan fingerprint density at radius 2 is 1.76 bits per heavy atom. The molecule has 2 aromatic carbocycles. The lowest BCUT2D eigenvalue weighted by Crippen LogP contribution is -2.13. The number of aromatic nitrogens is 1. The van der Waals surface area contributed by atoms with Gasteiger partial charge in [-0.1, -0.05) is 61.7 Å². The molecule has 0 aliphatic heterocycles. The molecule has 1 aromatic heterocycles. The highest BCUT2D eigenvalue weighted by Gasteiger charge is 2.13. The van der Waals surface area contributed by atoms with Gasteiger partial charge in [0, 0.05) is 23.3 Å². The van der Waals surface area contributed by atoms with Crippen LogP contribution >= 0.6 is 11.3 Å². The molecule has 1 heterocycles.